The van der Waals surface area contributed by atoms with Crippen LogP contribution in [-0.4, -0.2) is 34.2 Å². The summed E-state index contributed by atoms with van der Waals surface area (Å²) in [7, 11) is 0. The van der Waals surface area contributed by atoms with E-state index in [9.17, 15) is 4.79 Å². The van der Waals surface area contributed by atoms with Crippen LogP contribution < -0.4 is 14.8 Å². The van der Waals surface area contributed by atoms with E-state index in [1.807, 2.05) is 27.7 Å². The maximum Gasteiger partial charge on any atom is 0.319 e. The molecule has 2 aromatic heterocycles. The Morgan fingerprint density at radius 2 is 2.00 bits per heavy atom. The van der Waals surface area contributed by atoms with Crippen LogP contribution in [0.5, 0.6) is 11.9 Å². The first kappa shape index (κ1) is 17.7. The summed E-state index contributed by atoms with van der Waals surface area (Å²) in [5.74, 6) is 0.866. The Balaban J connectivity index is 2.02. The molecule has 1 amide bonds. The lowest BCUT2D eigenvalue weighted by Crippen LogP contribution is -2.15. The fourth-order valence-electron chi connectivity index (χ4n) is 2.19. The number of hydrogen-bond acceptors (Lipinski definition) is 7. The monoisotopic (exact) mass is 334 g/mol. The molecule has 2 rings (SSSR count). The van der Waals surface area contributed by atoms with Crippen LogP contribution in [-0.2, 0) is 11.2 Å². The molecule has 0 saturated carbocycles. The largest absolute Gasteiger partial charge is 0.476 e. The van der Waals surface area contributed by atoms with E-state index >= 15 is 0 Å². The Kier molecular flexibility index (Phi) is 6.11. The second-order valence-corrected chi connectivity index (χ2v) is 5.09. The van der Waals surface area contributed by atoms with E-state index in [1.54, 1.807) is 0 Å². The van der Waals surface area contributed by atoms with Crippen molar-refractivity contribution in [2.75, 3.05) is 18.5 Å². The molecule has 24 heavy (non-hydrogen) atoms. The van der Waals surface area contributed by atoms with E-state index in [0.29, 0.717) is 37.6 Å². The molecule has 2 heterocycles. The fraction of sp³-hybridized carbons (Fsp3) is 0.500. The summed E-state index contributed by atoms with van der Waals surface area (Å²) >= 11 is 0. The molecule has 0 aromatic carbocycles. The van der Waals surface area contributed by atoms with Gasteiger partial charge in [0.05, 0.1) is 25.1 Å². The Hall–Kier alpha value is -2.64. The third-order valence-corrected chi connectivity index (χ3v) is 3.34. The van der Waals surface area contributed by atoms with Crippen molar-refractivity contribution in [2.24, 2.45) is 0 Å². The maximum atomic E-state index is 12.2. The number of anilines is 1. The molecule has 2 aromatic rings. The Labute approximate surface area is 140 Å². The van der Waals surface area contributed by atoms with Crippen LogP contribution in [0.4, 0.5) is 5.69 Å². The quantitative estimate of drug-likeness (QED) is 0.791. The van der Waals surface area contributed by atoms with E-state index in [-0.39, 0.29) is 11.9 Å². The van der Waals surface area contributed by atoms with Gasteiger partial charge in [0.2, 0.25) is 11.8 Å². The minimum atomic E-state index is -0.163. The van der Waals surface area contributed by atoms with Gasteiger partial charge in [-0.1, -0.05) is 5.16 Å². The molecule has 0 aliphatic rings. The maximum absolute atomic E-state index is 12.2. The standard InChI is InChI=1S/C16H22N4O4/c1-5-22-15-13(9-17-16(19-15)23-6-2)18-14(21)8-7-12-10(3)20-24-11(12)4/h9H,5-8H2,1-4H3,(H,18,21). The lowest BCUT2D eigenvalue weighted by Gasteiger charge is -2.11. The second kappa shape index (κ2) is 8.28. The number of carbonyl (C=O) groups excluding carboxylic acids is 1. The van der Waals surface area contributed by atoms with E-state index in [0.717, 1.165) is 17.0 Å². The lowest BCUT2D eigenvalue weighted by molar-refractivity contribution is -0.116. The number of aromatic nitrogens is 3. The van der Waals surface area contributed by atoms with Gasteiger partial charge in [-0.15, -0.1) is 0 Å². The van der Waals surface area contributed by atoms with Gasteiger partial charge in [-0.2, -0.15) is 4.98 Å². The number of nitrogens with zero attached hydrogens (tertiary/aromatic N) is 3. The van der Waals surface area contributed by atoms with E-state index in [2.05, 4.69) is 20.4 Å². The summed E-state index contributed by atoms with van der Waals surface area (Å²) in [6, 6.07) is 0.217. The van der Waals surface area contributed by atoms with Crippen molar-refractivity contribution in [3.8, 4) is 11.9 Å². The number of amides is 1. The second-order valence-electron chi connectivity index (χ2n) is 5.09. The molecule has 8 heteroatoms. The van der Waals surface area contributed by atoms with E-state index in [1.165, 1.54) is 6.20 Å². The summed E-state index contributed by atoms with van der Waals surface area (Å²) in [4.78, 5) is 20.4. The highest BCUT2D eigenvalue weighted by molar-refractivity contribution is 5.91. The average molecular weight is 334 g/mol. The Bertz CT molecular complexity index is 680. The van der Waals surface area contributed by atoms with Crippen molar-refractivity contribution in [3.05, 3.63) is 23.2 Å². The molecule has 0 fully saturated rings. The van der Waals surface area contributed by atoms with Gasteiger partial charge in [0, 0.05) is 12.0 Å². The van der Waals surface area contributed by atoms with Crippen molar-refractivity contribution in [2.45, 2.75) is 40.5 Å². The SMILES string of the molecule is CCOc1ncc(NC(=O)CCc2c(C)noc2C)c(OCC)n1. The van der Waals surface area contributed by atoms with Crippen molar-refractivity contribution in [1.29, 1.82) is 0 Å². The zero-order chi connectivity index (χ0) is 17.5. The van der Waals surface area contributed by atoms with Crippen molar-refractivity contribution < 1.29 is 18.8 Å². The topological polar surface area (TPSA) is 99.4 Å². The number of aryl methyl sites for hydroxylation is 2. The summed E-state index contributed by atoms with van der Waals surface area (Å²) < 4.78 is 15.8. The van der Waals surface area contributed by atoms with E-state index < -0.39 is 0 Å². The summed E-state index contributed by atoms with van der Waals surface area (Å²) in [5.41, 5.74) is 2.18. The first-order valence-electron chi connectivity index (χ1n) is 7.89. The molecule has 1 N–H and O–H groups in total. The van der Waals surface area contributed by atoms with Crippen molar-refractivity contribution in [3.63, 3.8) is 0 Å². The summed E-state index contributed by atoms with van der Waals surface area (Å²) in [5, 5.41) is 6.65. The molecular weight excluding hydrogens is 312 g/mol. The molecular formula is C16H22N4O4. The molecule has 0 radical (unpaired) electrons. The highest BCUT2D eigenvalue weighted by Crippen LogP contribution is 2.23. The predicted octanol–water partition coefficient (Wildman–Crippen LogP) is 2.45. The van der Waals surface area contributed by atoms with Crippen LogP contribution in [0.2, 0.25) is 0 Å². The van der Waals surface area contributed by atoms with Gasteiger partial charge in [-0.05, 0) is 34.1 Å². The van der Waals surface area contributed by atoms with Crippen LogP contribution in [0.1, 0.15) is 37.3 Å². The van der Waals surface area contributed by atoms with Crippen LogP contribution >= 0.6 is 0 Å². The molecule has 130 valence electrons. The first-order chi connectivity index (χ1) is 11.5. The highest BCUT2D eigenvalue weighted by Gasteiger charge is 2.14. The van der Waals surface area contributed by atoms with Crippen molar-refractivity contribution in [1.82, 2.24) is 15.1 Å². The lowest BCUT2D eigenvalue weighted by atomic mass is 10.1. The van der Waals surface area contributed by atoms with Gasteiger partial charge in [-0.3, -0.25) is 4.79 Å². The smallest absolute Gasteiger partial charge is 0.319 e. The van der Waals surface area contributed by atoms with Gasteiger partial charge in [0.1, 0.15) is 11.4 Å². The van der Waals surface area contributed by atoms with Gasteiger partial charge in [-0.25, -0.2) is 4.98 Å². The molecule has 0 bridgehead atoms. The number of carbonyl (C=O) groups is 1. The van der Waals surface area contributed by atoms with Crippen LogP contribution in [0.15, 0.2) is 10.7 Å². The molecule has 0 spiro atoms. The van der Waals surface area contributed by atoms with Crippen molar-refractivity contribution >= 4 is 11.6 Å². The molecule has 0 saturated heterocycles. The van der Waals surface area contributed by atoms with Gasteiger partial charge >= 0.3 is 6.01 Å². The number of nitrogens with one attached hydrogen (secondary N) is 1. The average Bonchev–Trinajstić information content (AvgIpc) is 2.87. The van der Waals surface area contributed by atoms with Gasteiger partial charge < -0.3 is 19.3 Å². The van der Waals surface area contributed by atoms with Gasteiger partial charge in [0.15, 0.2) is 0 Å². The fourth-order valence-corrected chi connectivity index (χ4v) is 2.19. The number of ether oxygens (including phenoxy) is 2. The molecule has 0 unspecified atom stereocenters. The molecule has 8 nitrogen and oxygen atoms in total. The summed E-state index contributed by atoms with van der Waals surface area (Å²) in [6.07, 6.45) is 2.33. The zero-order valence-corrected chi connectivity index (χ0v) is 14.4. The normalized spacial score (nSPS) is 10.5. The van der Waals surface area contributed by atoms with Gasteiger partial charge in [0.25, 0.3) is 0 Å². The Morgan fingerprint density at radius 1 is 1.25 bits per heavy atom. The molecule has 0 aliphatic carbocycles. The third kappa shape index (κ3) is 4.43. The third-order valence-electron chi connectivity index (χ3n) is 3.34. The van der Waals surface area contributed by atoms with E-state index in [4.69, 9.17) is 14.0 Å². The Morgan fingerprint density at radius 3 is 2.62 bits per heavy atom. The predicted molar refractivity (Wildman–Crippen MR) is 87.3 cm³/mol. The van der Waals surface area contributed by atoms with Crippen LogP contribution in [0.25, 0.3) is 0 Å². The number of rotatable bonds is 8. The minimum absolute atomic E-state index is 0.163. The molecule has 0 atom stereocenters. The first-order valence-corrected chi connectivity index (χ1v) is 7.89. The van der Waals surface area contributed by atoms with Crippen LogP contribution in [0, 0.1) is 13.8 Å². The number of hydrogen-bond donors (Lipinski definition) is 1. The highest BCUT2D eigenvalue weighted by atomic mass is 16.5. The zero-order valence-electron chi connectivity index (χ0n) is 14.4. The summed E-state index contributed by atoms with van der Waals surface area (Å²) in [6.45, 7) is 8.25. The molecule has 0 aliphatic heterocycles. The minimum Gasteiger partial charge on any atom is -0.476 e. The van der Waals surface area contributed by atoms with Crippen LogP contribution in [0.3, 0.4) is 0 Å².